The van der Waals surface area contributed by atoms with Crippen LogP contribution in [0, 0.1) is 6.92 Å². The van der Waals surface area contributed by atoms with Crippen molar-refractivity contribution in [1.29, 1.82) is 0 Å². The number of hydrogen-bond donors (Lipinski definition) is 2. The molecular weight excluding hydrogens is 390 g/mol. The Hall–Kier alpha value is -3.74. The summed E-state index contributed by atoms with van der Waals surface area (Å²) in [6.07, 6.45) is 5.03. The van der Waals surface area contributed by atoms with E-state index in [1.807, 2.05) is 48.2 Å². The minimum absolute atomic E-state index is 0.0529. The van der Waals surface area contributed by atoms with Crippen molar-refractivity contribution in [2.45, 2.75) is 26.2 Å². The average Bonchev–Trinajstić information content (AvgIpc) is 3.14. The normalized spacial score (nSPS) is 14.3. The van der Waals surface area contributed by atoms with Gasteiger partial charge in [-0.2, -0.15) is 0 Å². The molecule has 3 heterocycles. The molecular formula is C24H23N5O2. The number of nitrogens with two attached hydrogens (primary N) is 1. The second-order valence-corrected chi connectivity index (χ2v) is 8.06. The molecule has 0 aliphatic carbocycles. The molecule has 1 aliphatic heterocycles. The lowest BCUT2D eigenvalue weighted by Gasteiger charge is -2.26. The number of piperidine rings is 1. The number of rotatable bonds is 3. The Morgan fingerprint density at radius 2 is 1.84 bits per heavy atom. The summed E-state index contributed by atoms with van der Waals surface area (Å²) < 4.78 is 0. The van der Waals surface area contributed by atoms with Gasteiger partial charge in [0.25, 0.3) is 11.8 Å². The predicted molar refractivity (Wildman–Crippen MR) is 120 cm³/mol. The van der Waals surface area contributed by atoms with Crippen LogP contribution in [0.2, 0.25) is 0 Å². The Kier molecular flexibility index (Phi) is 4.66. The number of aromatic nitrogens is 3. The fourth-order valence-corrected chi connectivity index (χ4v) is 4.30. The zero-order valence-electron chi connectivity index (χ0n) is 17.3. The van der Waals surface area contributed by atoms with Gasteiger partial charge in [0.15, 0.2) is 0 Å². The smallest absolute Gasteiger partial charge is 0.265 e. The van der Waals surface area contributed by atoms with Gasteiger partial charge in [0.05, 0.1) is 22.9 Å². The molecule has 7 nitrogen and oxygen atoms in total. The molecule has 31 heavy (non-hydrogen) atoms. The predicted octanol–water partition coefficient (Wildman–Crippen LogP) is 3.81. The summed E-state index contributed by atoms with van der Waals surface area (Å²) in [7, 11) is 0. The first-order valence-electron chi connectivity index (χ1n) is 10.5. The third kappa shape index (κ3) is 3.42. The van der Waals surface area contributed by atoms with E-state index < -0.39 is 5.91 Å². The number of amides is 2. The Labute approximate surface area is 179 Å². The Morgan fingerprint density at radius 3 is 2.61 bits per heavy atom. The van der Waals surface area contributed by atoms with Crippen molar-refractivity contribution in [3.63, 3.8) is 0 Å². The average molecular weight is 413 g/mol. The third-order valence-electron chi connectivity index (χ3n) is 6.03. The van der Waals surface area contributed by atoms with Crippen LogP contribution in [0.4, 0.5) is 0 Å². The number of carbonyl (C=O) groups excluding carboxylic acids is 2. The summed E-state index contributed by atoms with van der Waals surface area (Å²) in [4.78, 5) is 38.8. The van der Waals surface area contributed by atoms with Crippen molar-refractivity contribution >= 4 is 33.8 Å². The maximum Gasteiger partial charge on any atom is 0.265 e. The monoisotopic (exact) mass is 413 g/mol. The van der Waals surface area contributed by atoms with Crippen molar-refractivity contribution in [3.05, 3.63) is 59.4 Å². The first-order chi connectivity index (χ1) is 15.0. The van der Waals surface area contributed by atoms with Gasteiger partial charge in [0.1, 0.15) is 5.69 Å². The molecule has 1 saturated heterocycles. The highest BCUT2D eigenvalue weighted by molar-refractivity contribution is 6.01. The van der Waals surface area contributed by atoms with Gasteiger partial charge in [-0.25, -0.2) is 4.98 Å². The molecule has 0 saturated carbocycles. The summed E-state index contributed by atoms with van der Waals surface area (Å²) >= 11 is 0. The molecule has 0 spiro atoms. The molecule has 0 atom stereocenters. The second-order valence-electron chi connectivity index (χ2n) is 8.06. The van der Waals surface area contributed by atoms with Crippen molar-refractivity contribution in [2.24, 2.45) is 5.73 Å². The standard InChI is InChI=1S/C24H23N5O2/c1-14-17-11-15(5-7-18(17)28-22(14)23(25)30)21-13-26-19-8-6-16(12-20(19)27-21)24(31)29-9-3-2-4-10-29/h5-8,11-13,28H,2-4,9-10H2,1H3,(H2,25,30). The topological polar surface area (TPSA) is 105 Å². The zero-order valence-corrected chi connectivity index (χ0v) is 17.3. The molecule has 2 amide bonds. The van der Waals surface area contributed by atoms with E-state index in [-0.39, 0.29) is 5.91 Å². The van der Waals surface area contributed by atoms with Gasteiger partial charge in [0.2, 0.25) is 0 Å². The number of nitrogens with one attached hydrogen (secondary N) is 1. The van der Waals surface area contributed by atoms with Crippen LogP contribution in [-0.4, -0.2) is 44.8 Å². The summed E-state index contributed by atoms with van der Waals surface area (Å²) in [5.74, 6) is -0.427. The fraction of sp³-hybridized carbons (Fsp3) is 0.250. The number of likely N-dealkylation sites (tertiary alicyclic amines) is 1. The fourth-order valence-electron chi connectivity index (χ4n) is 4.30. The lowest BCUT2D eigenvalue weighted by atomic mass is 10.1. The minimum atomic E-state index is -0.480. The maximum atomic E-state index is 12.9. The lowest BCUT2D eigenvalue weighted by Crippen LogP contribution is -2.35. The van der Waals surface area contributed by atoms with Gasteiger partial charge in [-0.15, -0.1) is 0 Å². The van der Waals surface area contributed by atoms with Crippen LogP contribution in [0.1, 0.15) is 45.7 Å². The number of carbonyl (C=O) groups is 2. The Bertz CT molecular complexity index is 1330. The van der Waals surface area contributed by atoms with Crippen LogP contribution >= 0.6 is 0 Å². The number of nitrogens with zero attached hydrogens (tertiary/aromatic N) is 3. The maximum absolute atomic E-state index is 12.9. The highest BCUT2D eigenvalue weighted by atomic mass is 16.2. The van der Waals surface area contributed by atoms with E-state index in [1.54, 1.807) is 6.20 Å². The van der Waals surface area contributed by atoms with Gasteiger partial charge >= 0.3 is 0 Å². The Morgan fingerprint density at radius 1 is 1.03 bits per heavy atom. The largest absolute Gasteiger partial charge is 0.364 e. The summed E-state index contributed by atoms with van der Waals surface area (Å²) in [6, 6.07) is 11.3. The van der Waals surface area contributed by atoms with Gasteiger partial charge in [-0.3, -0.25) is 14.6 Å². The van der Waals surface area contributed by atoms with E-state index in [4.69, 9.17) is 10.7 Å². The summed E-state index contributed by atoms with van der Waals surface area (Å²) in [5, 5.41) is 0.919. The molecule has 156 valence electrons. The van der Waals surface area contributed by atoms with Crippen LogP contribution in [0.15, 0.2) is 42.6 Å². The molecule has 2 aromatic carbocycles. The number of hydrogen-bond acceptors (Lipinski definition) is 4. The number of benzene rings is 2. The van der Waals surface area contributed by atoms with Gasteiger partial charge in [0, 0.05) is 35.1 Å². The number of H-pyrrole nitrogens is 1. The number of fused-ring (bicyclic) bond motifs is 2. The molecule has 4 aromatic rings. The van der Waals surface area contributed by atoms with Crippen LogP contribution in [0.5, 0.6) is 0 Å². The zero-order chi connectivity index (χ0) is 21.5. The minimum Gasteiger partial charge on any atom is -0.364 e. The van der Waals surface area contributed by atoms with E-state index in [9.17, 15) is 9.59 Å². The molecule has 1 aliphatic rings. The Balaban J connectivity index is 1.53. The molecule has 7 heteroatoms. The second kappa shape index (κ2) is 7.50. The first-order valence-corrected chi connectivity index (χ1v) is 10.5. The van der Waals surface area contributed by atoms with E-state index in [0.717, 1.165) is 53.5 Å². The van der Waals surface area contributed by atoms with E-state index in [2.05, 4.69) is 9.97 Å². The van der Waals surface area contributed by atoms with E-state index in [0.29, 0.717) is 22.5 Å². The van der Waals surface area contributed by atoms with Crippen LogP contribution in [-0.2, 0) is 0 Å². The molecule has 2 aromatic heterocycles. The van der Waals surface area contributed by atoms with Crippen molar-refractivity contribution < 1.29 is 9.59 Å². The molecule has 3 N–H and O–H groups in total. The summed E-state index contributed by atoms with van der Waals surface area (Å²) in [6.45, 7) is 3.49. The third-order valence-corrected chi connectivity index (χ3v) is 6.03. The molecule has 0 radical (unpaired) electrons. The van der Waals surface area contributed by atoms with Gasteiger partial charge in [-0.1, -0.05) is 6.07 Å². The summed E-state index contributed by atoms with van der Waals surface area (Å²) in [5.41, 5.74) is 11.2. The highest BCUT2D eigenvalue weighted by Gasteiger charge is 2.19. The van der Waals surface area contributed by atoms with Crippen molar-refractivity contribution in [1.82, 2.24) is 19.9 Å². The van der Waals surface area contributed by atoms with Crippen molar-refractivity contribution in [3.8, 4) is 11.3 Å². The van der Waals surface area contributed by atoms with Gasteiger partial charge in [-0.05, 0) is 62.1 Å². The van der Waals surface area contributed by atoms with Crippen molar-refractivity contribution in [2.75, 3.05) is 13.1 Å². The SMILES string of the molecule is Cc1c(C(N)=O)[nH]c2ccc(-c3cnc4ccc(C(=O)N5CCCCC5)cc4n3)cc12. The van der Waals surface area contributed by atoms with E-state index >= 15 is 0 Å². The van der Waals surface area contributed by atoms with E-state index in [1.165, 1.54) is 6.42 Å². The molecule has 0 bridgehead atoms. The van der Waals surface area contributed by atoms with Crippen LogP contribution in [0.25, 0.3) is 33.2 Å². The highest BCUT2D eigenvalue weighted by Crippen LogP contribution is 2.28. The lowest BCUT2D eigenvalue weighted by molar-refractivity contribution is 0.0724. The number of primary amides is 1. The van der Waals surface area contributed by atoms with Crippen LogP contribution < -0.4 is 5.73 Å². The van der Waals surface area contributed by atoms with Crippen LogP contribution in [0.3, 0.4) is 0 Å². The quantitative estimate of drug-likeness (QED) is 0.533. The first kappa shape index (κ1) is 19.2. The molecule has 0 unspecified atom stereocenters. The van der Waals surface area contributed by atoms with Gasteiger partial charge < -0.3 is 15.6 Å². The molecule has 1 fully saturated rings. The number of aromatic amines is 1. The number of aryl methyl sites for hydroxylation is 1. The molecule has 5 rings (SSSR count).